The van der Waals surface area contributed by atoms with Crippen LogP contribution in [-0.2, 0) is 4.79 Å². The molecular formula is C12H17N5O4. The first-order valence-corrected chi connectivity index (χ1v) is 6.36. The third-order valence-electron chi connectivity index (χ3n) is 2.57. The number of rotatable bonds is 7. The first-order chi connectivity index (χ1) is 9.99. The van der Waals surface area contributed by atoms with E-state index in [2.05, 4.69) is 20.9 Å². The zero-order chi connectivity index (χ0) is 15.8. The van der Waals surface area contributed by atoms with E-state index in [9.17, 15) is 19.7 Å². The van der Waals surface area contributed by atoms with E-state index in [0.717, 1.165) is 12.6 Å². The number of carbonyl (C=O) groups is 2. The van der Waals surface area contributed by atoms with Gasteiger partial charge in [-0.2, -0.15) is 0 Å². The molecule has 1 rings (SSSR count). The smallest absolute Gasteiger partial charge is 0.300 e. The van der Waals surface area contributed by atoms with Gasteiger partial charge >= 0.3 is 0 Å². The second kappa shape index (κ2) is 7.78. The Hall–Kier alpha value is -2.71. The van der Waals surface area contributed by atoms with Crippen molar-refractivity contribution in [1.82, 2.24) is 15.6 Å². The van der Waals surface area contributed by atoms with Crippen LogP contribution in [0.3, 0.4) is 0 Å². The van der Waals surface area contributed by atoms with Gasteiger partial charge in [-0.05, 0) is 6.42 Å². The second-order valence-corrected chi connectivity index (χ2v) is 4.13. The maximum absolute atomic E-state index is 12.0. The van der Waals surface area contributed by atoms with E-state index in [1.165, 1.54) is 13.1 Å². The van der Waals surface area contributed by atoms with Gasteiger partial charge in [0, 0.05) is 19.7 Å². The molecule has 0 aromatic carbocycles. The van der Waals surface area contributed by atoms with Crippen molar-refractivity contribution in [2.24, 2.45) is 0 Å². The minimum atomic E-state index is -0.702. The largest absolute Gasteiger partial charge is 0.370 e. The third-order valence-corrected chi connectivity index (χ3v) is 2.57. The molecule has 0 aliphatic carbocycles. The van der Waals surface area contributed by atoms with E-state index in [0.29, 0.717) is 12.4 Å². The Morgan fingerprint density at radius 3 is 2.71 bits per heavy atom. The Morgan fingerprint density at radius 1 is 1.43 bits per heavy atom. The maximum atomic E-state index is 12.0. The quantitative estimate of drug-likeness (QED) is 0.490. The predicted octanol–water partition coefficient (Wildman–Crippen LogP) is 0.288. The molecule has 1 aromatic heterocycles. The lowest BCUT2D eigenvalue weighted by Crippen LogP contribution is -2.35. The zero-order valence-corrected chi connectivity index (χ0v) is 11.8. The molecule has 0 fully saturated rings. The molecule has 0 unspecified atom stereocenters. The average Bonchev–Trinajstić information content (AvgIpc) is 2.49. The number of nitrogens with zero attached hydrogens (tertiary/aromatic N) is 2. The second-order valence-electron chi connectivity index (χ2n) is 4.13. The SMILES string of the molecule is CCCNc1cc(C(=O)NCC(=O)NC)c([N+](=O)[O-])cn1. The van der Waals surface area contributed by atoms with Gasteiger partial charge in [0.2, 0.25) is 5.91 Å². The Kier molecular flexibility index (Phi) is 6.05. The summed E-state index contributed by atoms with van der Waals surface area (Å²) in [7, 11) is 1.43. The number of carbonyl (C=O) groups excluding carboxylic acids is 2. The summed E-state index contributed by atoms with van der Waals surface area (Å²) in [6.45, 7) is 2.33. The summed E-state index contributed by atoms with van der Waals surface area (Å²) >= 11 is 0. The van der Waals surface area contributed by atoms with Gasteiger partial charge in [0.1, 0.15) is 17.6 Å². The van der Waals surface area contributed by atoms with Gasteiger partial charge in [0.15, 0.2) is 0 Å². The van der Waals surface area contributed by atoms with Crippen LogP contribution in [0.5, 0.6) is 0 Å². The zero-order valence-electron chi connectivity index (χ0n) is 11.8. The van der Waals surface area contributed by atoms with Crippen LogP contribution < -0.4 is 16.0 Å². The van der Waals surface area contributed by atoms with Crippen molar-refractivity contribution in [3.63, 3.8) is 0 Å². The van der Waals surface area contributed by atoms with E-state index < -0.39 is 22.4 Å². The summed E-state index contributed by atoms with van der Waals surface area (Å²) in [6.07, 6.45) is 1.86. The van der Waals surface area contributed by atoms with Gasteiger partial charge in [-0.25, -0.2) is 4.98 Å². The van der Waals surface area contributed by atoms with E-state index in [1.54, 1.807) is 0 Å². The van der Waals surface area contributed by atoms with E-state index >= 15 is 0 Å². The van der Waals surface area contributed by atoms with Gasteiger partial charge in [-0.1, -0.05) is 6.92 Å². The van der Waals surface area contributed by atoms with Crippen molar-refractivity contribution in [2.75, 3.05) is 25.5 Å². The van der Waals surface area contributed by atoms with Crippen LogP contribution in [0.2, 0.25) is 0 Å². The summed E-state index contributed by atoms with van der Waals surface area (Å²) in [5, 5.41) is 18.5. The van der Waals surface area contributed by atoms with Gasteiger partial charge in [-0.15, -0.1) is 0 Å². The molecular weight excluding hydrogens is 278 g/mol. The van der Waals surface area contributed by atoms with Crippen molar-refractivity contribution in [1.29, 1.82) is 0 Å². The minimum absolute atomic E-state index is 0.141. The van der Waals surface area contributed by atoms with Crippen LogP contribution in [0, 0.1) is 10.1 Å². The fourth-order valence-electron chi connectivity index (χ4n) is 1.47. The lowest BCUT2D eigenvalue weighted by molar-refractivity contribution is -0.385. The average molecular weight is 295 g/mol. The molecule has 3 N–H and O–H groups in total. The van der Waals surface area contributed by atoms with E-state index in [1.807, 2.05) is 6.92 Å². The van der Waals surface area contributed by atoms with Gasteiger partial charge in [0.25, 0.3) is 11.6 Å². The van der Waals surface area contributed by atoms with Crippen molar-refractivity contribution in [3.8, 4) is 0 Å². The third kappa shape index (κ3) is 4.71. The first-order valence-electron chi connectivity index (χ1n) is 6.36. The Bertz CT molecular complexity index is 546. The number of hydrogen-bond donors (Lipinski definition) is 3. The molecule has 0 aliphatic heterocycles. The van der Waals surface area contributed by atoms with Crippen LogP contribution in [0.25, 0.3) is 0 Å². The minimum Gasteiger partial charge on any atom is -0.370 e. The van der Waals surface area contributed by atoms with Crippen molar-refractivity contribution in [2.45, 2.75) is 13.3 Å². The molecule has 1 aromatic rings. The maximum Gasteiger partial charge on any atom is 0.300 e. The predicted molar refractivity (Wildman–Crippen MR) is 76.1 cm³/mol. The van der Waals surface area contributed by atoms with Gasteiger partial charge in [-0.3, -0.25) is 19.7 Å². The van der Waals surface area contributed by atoms with Gasteiger partial charge in [0.05, 0.1) is 11.5 Å². The topological polar surface area (TPSA) is 126 Å². The summed E-state index contributed by atoms with van der Waals surface area (Å²) in [5.41, 5.74) is -0.552. The molecule has 0 saturated heterocycles. The molecule has 0 atom stereocenters. The number of anilines is 1. The van der Waals surface area contributed by atoms with E-state index in [4.69, 9.17) is 0 Å². The number of pyridine rings is 1. The highest BCUT2D eigenvalue weighted by molar-refractivity contribution is 6.00. The van der Waals surface area contributed by atoms with Crippen molar-refractivity contribution >= 4 is 23.3 Å². The number of nitrogens with one attached hydrogen (secondary N) is 3. The molecule has 1 heterocycles. The molecule has 114 valence electrons. The molecule has 0 saturated carbocycles. The first kappa shape index (κ1) is 16.3. The summed E-state index contributed by atoms with van der Waals surface area (Å²) in [6, 6.07) is 1.30. The highest BCUT2D eigenvalue weighted by atomic mass is 16.6. The highest BCUT2D eigenvalue weighted by Gasteiger charge is 2.21. The molecule has 0 spiro atoms. The van der Waals surface area contributed by atoms with Crippen LogP contribution in [-0.4, -0.2) is 41.9 Å². The van der Waals surface area contributed by atoms with Crippen molar-refractivity contribution in [3.05, 3.63) is 27.9 Å². The molecule has 21 heavy (non-hydrogen) atoms. The fourth-order valence-corrected chi connectivity index (χ4v) is 1.47. The summed E-state index contributed by atoms with van der Waals surface area (Å²) in [5.74, 6) is -0.732. The lowest BCUT2D eigenvalue weighted by atomic mass is 10.2. The Labute approximate surface area is 121 Å². The Morgan fingerprint density at radius 2 is 2.14 bits per heavy atom. The molecule has 9 heteroatoms. The lowest BCUT2D eigenvalue weighted by Gasteiger charge is -2.08. The molecule has 9 nitrogen and oxygen atoms in total. The van der Waals surface area contributed by atoms with Gasteiger partial charge < -0.3 is 16.0 Å². The van der Waals surface area contributed by atoms with Crippen LogP contribution in [0.4, 0.5) is 11.5 Å². The van der Waals surface area contributed by atoms with Crippen LogP contribution in [0.1, 0.15) is 23.7 Å². The van der Waals surface area contributed by atoms with E-state index in [-0.39, 0.29) is 12.1 Å². The Balaban J connectivity index is 2.96. The van der Waals surface area contributed by atoms with Crippen LogP contribution >= 0.6 is 0 Å². The molecule has 0 radical (unpaired) electrons. The van der Waals surface area contributed by atoms with Crippen molar-refractivity contribution < 1.29 is 14.5 Å². The fraction of sp³-hybridized carbons (Fsp3) is 0.417. The standard InChI is InChI=1S/C12H17N5O4/c1-3-4-14-10-5-8(9(6-15-10)17(20)21)12(19)16-7-11(18)13-2/h5-6H,3-4,7H2,1-2H3,(H,13,18)(H,14,15)(H,16,19). The molecule has 2 amide bonds. The summed E-state index contributed by atoms with van der Waals surface area (Å²) < 4.78 is 0. The number of likely N-dealkylation sites (N-methyl/N-ethyl adjacent to an activating group) is 1. The normalized spacial score (nSPS) is 9.81. The number of hydrogen-bond acceptors (Lipinski definition) is 6. The number of amides is 2. The summed E-state index contributed by atoms with van der Waals surface area (Å²) in [4.78, 5) is 37.2. The highest BCUT2D eigenvalue weighted by Crippen LogP contribution is 2.20. The molecule has 0 bridgehead atoms. The van der Waals surface area contributed by atoms with Crippen LogP contribution in [0.15, 0.2) is 12.3 Å². The number of nitro groups is 1. The number of aromatic nitrogens is 1. The monoisotopic (exact) mass is 295 g/mol. The molecule has 0 aliphatic rings.